The fourth-order valence-corrected chi connectivity index (χ4v) is 3.99. The predicted octanol–water partition coefficient (Wildman–Crippen LogP) is 1.96. The molecule has 0 saturated carbocycles. The van der Waals surface area contributed by atoms with Crippen LogP contribution in [-0.4, -0.2) is 46.6 Å². The molecule has 0 saturated heterocycles. The van der Waals surface area contributed by atoms with Gasteiger partial charge in [0.1, 0.15) is 11.9 Å². The number of hydrogen-bond donors (Lipinski definition) is 0. The Hall–Kier alpha value is -0.533. The van der Waals surface area contributed by atoms with Gasteiger partial charge in [0.15, 0.2) is 8.32 Å². The summed E-state index contributed by atoms with van der Waals surface area (Å²) in [5.41, 5.74) is 0. The molecule has 0 aromatic carbocycles. The van der Waals surface area contributed by atoms with E-state index < -0.39 is 39.9 Å². The number of aliphatic carboxylic acids is 1. The first-order valence-electron chi connectivity index (χ1n) is 7.36. The van der Waals surface area contributed by atoms with Crippen molar-refractivity contribution in [3.05, 3.63) is 0 Å². The zero-order valence-electron chi connectivity index (χ0n) is 15.0. The van der Waals surface area contributed by atoms with Gasteiger partial charge < -0.3 is 23.4 Å². The number of rotatable bonds is 10. The Kier molecular flexibility index (Phi) is 8.33. The Morgan fingerprint density at radius 3 is 1.96 bits per heavy atom. The lowest BCUT2D eigenvalue weighted by Gasteiger charge is -2.39. The molecule has 23 heavy (non-hydrogen) atoms. The summed E-state index contributed by atoms with van der Waals surface area (Å²) >= 11 is 0. The van der Waals surface area contributed by atoms with E-state index in [-0.39, 0.29) is 17.9 Å². The second-order valence-electron chi connectivity index (χ2n) is 6.95. The summed E-state index contributed by atoms with van der Waals surface area (Å²) in [5.74, 6) is -1.72. The summed E-state index contributed by atoms with van der Waals surface area (Å²) in [6, 6.07) is 0. The first-order valence-corrected chi connectivity index (χ1v) is 12.0. The van der Waals surface area contributed by atoms with E-state index in [2.05, 4.69) is 0 Å². The molecular formula is C14H28O7PSi-. The van der Waals surface area contributed by atoms with E-state index in [9.17, 15) is 19.3 Å². The minimum absolute atomic E-state index is 0.130. The molecule has 0 bridgehead atoms. The van der Waals surface area contributed by atoms with Crippen molar-refractivity contribution < 1.29 is 32.7 Å². The lowest BCUT2D eigenvalue weighted by atomic mass is 10.1. The molecule has 0 aromatic heterocycles. The van der Waals surface area contributed by atoms with E-state index in [1.165, 1.54) is 14.2 Å². The number of Topliss-reactive ketones (excluding diaryl/α,β-unsaturated/α-hetero) is 1. The summed E-state index contributed by atoms with van der Waals surface area (Å²) in [4.78, 5) is 23.0. The summed E-state index contributed by atoms with van der Waals surface area (Å²) in [6.45, 7) is 9.98. The minimum atomic E-state index is -3.47. The SMILES string of the molecule is COP(=O)(CC(=O)C[C@H](CC(=O)[O-])O[Si](C)(C)C(C)(C)C)OC. The zero-order chi connectivity index (χ0) is 18.5. The summed E-state index contributed by atoms with van der Waals surface area (Å²) in [7, 11) is -3.33. The van der Waals surface area contributed by atoms with E-state index in [0.717, 1.165) is 0 Å². The second kappa shape index (κ2) is 8.53. The molecule has 0 fully saturated rings. The van der Waals surface area contributed by atoms with Crippen LogP contribution in [0.5, 0.6) is 0 Å². The third-order valence-corrected chi connectivity index (χ3v) is 10.4. The number of hydrogen-bond acceptors (Lipinski definition) is 7. The Morgan fingerprint density at radius 1 is 1.13 bits per heavy atom. The van der Waals surface area contributed by atoms with Crippen molar-refractivity contribution in [2.45, 2.75) is 57.8 Å². The molecular weight excluding hydrogens is 339 g/mol. The van der Waals surface area contributed by atoms with E-state index in [1.54, 1.807) is 0 Å². The third-order valence-electron chi connectivity index (χ3n) is 4.04. The number of carbonyl (C=O) groups is 2. The summed E-state index contributed by atoms with van der Waals surface area (Å²) in [5, 5.41) is 10.8. The highest BCUT2D eigenvalue weighted by Crippen LogP contribution is 2.46. The Morgan fingerprint density at radius 2 is 1.61 bits per heavy atom. The first-order chi connectivity index (χ1) is 10.3. The van der Waals surface area contributed by atoms with Crippen molar-refractivity contribution in [3.8, 4) is 0 Å². The van der Waals surface area contributed by atoms with Gasteiger partial charge >= 0.3 is 7.60 Å². The van der Waals surface area contributed by atoms with Crippen LogP contribution in [0, 0.1) is 0 Å². The second-order valence-corrected chi connectivity index (χ2v) is 14.0. The van der Waals surface area contributed by atoms with Crippen LogP contribution < -0.4 is 5.11 Å². The van der Waals surface area contributed by atoms with Crippen molar-refractivity contribution in [2.75, 3.05) is 20.4 Å². The fourth-order valence-electron chi connectivity index (χ4n) is 1.67. The molecule has 0 unspecified atom stereocenters. The maximum absolute atomic E-state index is 12.1. The maximum atomic E-state index is 12.1. The van der Waals surface area contributed by atoms with Crippen LogP contribution in [0.1, 0.15) is 33.6 Å². The van der Waals surface area contributed by atoms with Crippen LogP contribution in [0.25, 0.3) is 0 Å². The van der Waals surface area contributed by atoms with Gasteiger partial charge in [0, 0.05) is 33.0 Å². The van der Waals surface area contributed by atoms with Crippen LogP contribution in [0.2, 0.25) is 18.1 Å². The average Bonchev–Trinajstić information content (AvgIpc) is 2.35. The Bertz CT molecular complexity index is 462. The molecule has 1 atom stereocenters. The van der Waals surface area contributed by atoms with Gasteiger partial charge in [-0.1, -0.05) is 20.8 Å². The average molecular weight is 367 g/mol. The molecule has 0 amide bonds. The molecule has 0 N–H and O–H groups in total. The lowest BCUT2D eigenvalue weighted by Crippen LogP contribution is -2.46. The van der Waals surface area contributed by atoms with Gasteiger partial charge in [0.25, 0.3) is 0 Å². The largest absolute Gasteiger partial charge is 0.550 e. The summed E-state index contributed by atoms with van der Waals surface area (Å²) < 4.78 is 27.4. The van der Waals surface area contributed by atoms with E-state index in [4.69, 9.17) is 13.5 Å². The van der Waals surface area contributed by atoms with Gasteiger partial charge in [0.2, 0.25) is 0 Å². The molecule has 0 aliphatic carbocycles. The molecule has 9 heteroatoms. The van der Waals surface area contributed by atoms with E-state index in [1.807, 2.05) is 33.9 Å². The van der Waals surface area contributed by atoms with E-state index >= 15 is 0 Å². The van der Waals surface area contributed by atoms with Crippen LogP contribution in [0.15, 0.2) is 0 Å². The topological polar surface area (TPSA) is 102 Å². The monoisotopic (exact) mass is 367 g/mol. The highest BCUT2D eigenvalue weighted by Gasteiger charge is 2.39. The molecule has 0 aliphatic heterocycles. The number of ketones is 1. The number of carboxylic acid groups (broad SMARTS) is 1. The standard InChI is InChI=1S/C14H29O7PSi/c1-14(2,3)23(6,7)21-12(9-13(16)17)8-11(15)10-22(18,19-4)20-5/h12H,8-10H2,1-7H3,(H,16,17)/p-1/t12-/m1/s1. The molecule has 0 heterocycles. The quantitative estimate of drug-likeness (QED) is 0.429. The number of carbonyl (C=O) groups excluding carboxylic acids is 2. The molecule has 0 spiro atoms. The Labute approximate surface area is 139 Å². The highest BCUT2D eigenvalue weighted by molar-refractivity contribution is 7.54. The maximum Gasteiger partial charge on any atom is 0.337 e. The van der Waals surface area contributed by atoms with Gasteiger partial charge in [0.05, 0.1) is 6.10 Å². The van der Waals surface area contributed by atoms with Crippen LogP contribution in [0.3, 0.4) is 0 Å². The first kappa shape index (κ1) is 22.5. The molecule has 7 nitrogen and oxygen atoms in total. The predicted molar refractivity (Wildman–Crippen MR) is 87.8 cm³/mol. The molecule has 0 aromatic rings. The Balaban J connectivity index is 5.04. The molecule has 0 aliphatic rings. The summed E-state index contributed by atoms with van der Waals surface area (Å²) in [6.07, 6.45) is -1.78. The van der Waals surface area contributed by atoms with Gasteiger partial charge in [-0.2, -0.15) is 0 Å². The van der Waals surface area contributed by atoms with Crippen LogP contribution >= 0.6 is 7.60 Å². The van der Waals surface area contributed by atoms with Crippen molar-refractivity contribution >= 4 is 27.7 Å². The van der Waals surface area contributed by atoms with Gasteiger partial charge in [-0.15, -0.1) is 0 Å². The van der Waals surface area contributed by atoms with Gasteiger partial charge in [-0.25, -0.2) is 0 Å². The van der Waals surface area contributed by atoms with Gasteiger partial charge in [-0.3, -0.25) is 9.36 Å². The molecule has 0 rings (SSSR count). The van der Waals surface area contributed by atoms with Crippen molar-refractivity contribution in [2.24, 2.45) is 0 Å². The van der Waals surface area contributed by atoms with Crippen molar-refractivity contribution in [1.82, 2.24) is 0 Å². The van der Waals surface area contributed by atoms with Gasteiger partial charge in [-0.05, 0) is 18.1 Å². The fraction of sp³-hybridized carbons (Fsp3) is 0.857. The zero-order valence-corrected chi connectivity index (χ0v) is 16.9. The highest BCUT2D eigenvalue weighted by atomic mass is 31.2. The third kappa shape index (κ3) is 7.72. The molecule has 0 radical (unpaired) electrons. The van der Waals surface area contributed by atoms with Crippen molar-refractivity contribution in [3.63, 3.8) is 0 Å². The van der Waals surface area contributed by atoms with E-state index in [0.29, 0.717) is 0 Å². The van der Waals surface area contributed by atoms with Crippen LogP contribution in [-0.2, 0) is 27.6 Å². The normalized spacial score (nSPS) is 14.6. The van der Waals surface area contributed by atoms with Crippen LogP contribution in [0.4, 0.5) is 0 Å². The molecule has 136 valence electrons. The number of carboxylic acids is 1. The minimum Gasteiger partial charge on any atom is -0.550 e. The lowest BCUT2D eigenvalue weighted by molar-refractivity contribution is -0.307. The smallest absolute Gasteiger partial charge is 0.337 e. The van der Waals surface area contributed by atoms with Crippen molar-refractivity contribution in [1.29, 1.82) is 0 Å².